The van der Waals surface area contributed by atoms with Crippen molar-refractivity contribution < 1.29 is 0 Å². The molecule has 80 valence electrons. The van der Waals surface area contributed by atoms with Crippen LogP contribution in [0, 0.1) is 6.92 Å². The number of aliphatic imine (C=N–C) groups is 1. The van der Waals surface area contributed by atoms with Crippen LogP contribution in [0.4, 0.5) is 11.4 Å². The molecule has 0 radical (unpaired) electrons. The number of nitrogen functional groups attached to an aromatic ring is 1. The van der Waals surface area contributed by atoms with Crippen LogP contribution in [0.5, 0.6) is 0 Å². The van der Waals surface area contributed by atoms with Gasteiger partial charge in [0.2, 0.25) is 0 Å². The number of guanidine groups is 1. The van der Waals surface area contributed by atoms with Crippen molar-refractivity contribution in [2.45, 2.75) is 6.92 Å². The minimum Gasteiger partial charge on any atom is -0.397 e. The predicted octanol–water partition coefficient (Wildman–Crippen LogP) is 1.41. The third-order valence-electron chi connectivity index (χ3n) is 2.17. The first-order chi connectivity index (χ1) is 7.16. The van der Waals surface area contributed by atoms with Gasteiger partial charge in [0.1, 0.15) is 5.69 Å². The minimum atomic E-state index is 0.579. The smallest absolute Gasteiger partial charge is 0.196 e. The monoisotopic (exact) mass is 224 g/mol. The Morgan fingerprint density at radius 1 is 1.33 bits per heavy atom. The van der Waals surface area contributed by atoms with E-state index in [1.54, 1.807) is 0 Å². The molecule has 0 unspecified atom stereocenters. The summed E-state index contributed by atoms with van der Waals surface area (Å²) in [7, 11) is 0. The Hall–Kier alpha value is -1.42. The molecular weight excluding hydrogens is 212 g/mol. The molecule has 0 aromatic heterocycles. The van der Waals surface area contributed by atoms with Crippen molar-refractivity contribution in [3.05, 3.63) is 22.7 Å². The number of nitrogens with two attached hydrogens (primary N) is 1. The van der Waals surface area contributed by atoms with E-state index in [9.17, 15) is 0 Å². The van der Waals surface area contributed by atoms with Crippen LogP contribution >= 0.6 is 11.6 Å². The SMILES string of the molecule is Cc1cc(N)c(N=C2NCCN2)c(Cl)c1. The zero-order valence-corrected chi connectivity index (χ0v) is 9.23. The van der Waals surface area contributed by atoms with Crippen LogP contribution in [0.1, 0.15) is 5.56 Å². The van der Waals surface area contributed by atoms with Gasteiger partial charge < -0.3 is 16.4 Å². The number of rotatable bonds is 1. The van der Waals surface area contributed by atoms with Crippen molar-refractivity contribution in [3.8, 4) is 0 Å². The summed E-state index contributed by atoms with van der Waals surface area (Å²) in [6, 6.07) is 3.71. The Morgan fingerprint density at radius 2 is 2.00 bits per heavy atom. The van der Waals surface area contributed by atoms with Gasteiger partial charge in [0.25, 0.3) is 0 Å². The molecule has 1 fully saturated rings. The Labute approximate surface area is 93.5 Å². The van der Waals surface area contributed by atoms with E-state index in [4.69, 9.17) is 17.3 Å². The van der Waals surface area contributed by atoms with Crippen LogP contribution in [0.3, 0.4) is 0 Å². The number of hydrogen-bond acceptors (Lipinski definition) is 2. The zero-order chi connectivity index (χ0) is 10.8. The molecule has 1 saturated heterocycles. The minimum absolute atomic E-state index is 0.579. The summed E-state index contributed by atoms with van der Waals surface area (Å²) in [5, 5.41) is 6.78. The maximum Gasteiger partial charge on any atom is 0.196 e. The maximum absolute atomic E-state index is 6.07. The first-order valence-electron chi connectivity index (χ1n) is 4.79. The van der Waals surface area contributed by atoms with Crippen molar-refractivity contribution >= 4 is 28.9 Å². The molecule has 4 N–H and O–H groups in total. The largest absolute Gasteiger partial charge is 0.397 e. The van der Waals surface area contributed by atoms with Gasteiger partial charge in [-0.3, -0.25) is 0 Å². The topological polar surface area (TPSA) is 62.4 Å². The number of benzene rings is 1. The quantitative estimate of drug-likeness (QED) is 0.632. The predicted molar refractivity (Wildman–Crippen MR) is 63.7 cm³/mol. The van der Waals surface area contributed by atoms with Crippen molar-refractivity contribution in [1.29, 1.82) is 0 Å². The molecule has 0 atom stereocenters. The molecule has 15 heavy (non-hydrogen) atoms. The number of nitrogens with one attached hydrogen (secondary N) is 2. The van der Waals surface area contributed by atoms with E-state index < -0.39 is 0 Å². The van der Waals surface area contributed by atoms with E-state index in [0.29, 0.717) is 16.4 Å². The lowest BCUT2D eigenvalue weighted by Crippen LogP contribution is -2.23. The van der Waals surface area contributed by atoms with Crippen molar-refractivity contribution in [2.24, 2.45) is 4.99 Å². The number of nitrogens with zero attached hydrogens (tertiary/aromatic N) is 1. The van der Waals surface area contributed by atoms with E-state index in [1.807, 2.05) is 19.1 Å². The maximum atomic E-state index is 6.07. The number of aryl methyl sites for hydroxylation is 1. The van der Waals surface area contributed by atoms with Gasteiger partial charge in [0, 0.05) is 13.1 Å². The normalized spacial score (nSPS) is 14.7. The lowest BCUT2D eigenvalue weighted by molar-refractivity contribution is 0.942. The van der Waals surface area contributed by atoms with Gasteiger partial charge in [-0.15, -0.1) is 0 Å². The molecule has 0 aliphatic carbocycles. The molecule has 1 aromatic rings. The van der Waals surface area contributed by atoms with Crippen molar-refractivity contribution in [3.63, 3.8) is 0 Å². The Morgan fingerprint density at radius 3 is 2.60 bits per heavy atom. The Bertz CT molecular complexity index is 383. The summed E-state index contributed by atoms with van der Waals surface area (Å²) in [6.07, 6.45) is 0. The van der Waals surface area contributed by atoms with Gasteiger partial charge in [-0.25, -0.2) is 4.99 Å². The van der Waals surface area contributed by atoms with Crippen molar-refractivity contribution in [2.75, 3.05) is 18.8 Å². The molecule has 0 saturated carbocycles. The lowest BCUT2D eigenvalue weighted by atomic mass is 10.2. The van der Waals surface area contributed by atoms with E-state index in [0.717, 1.165) is 24.6 Å². The third kappa shape index (κ3) is 2.15. The van der Waals surface area contributed by atoms with Crippen molar-refractivity contribution in [1.82, 2.24) is 10.6 Å². The molecule has 0 spiro atoms. The van der Waals surface area contributed by atoms with Gasteiger partial charge in [0.05, 0.1) is 10.7 Å². The first-order valence-corrected chi connectivity index (χ1v) is 5.16. The highest BCUT2D eigenvalue weighted by atomic mass is 35.5. The third-order valence-corrected chi connectivity index (χ3v) is 2.46. The standard InChI is InChI=1S/C10H13ClN4/c1-6-4-7(11)9(8(12)5-6)15-10-13-2-3-14-10/h4-5H,2-3,12H2,1H3,(H2,13,14,15). The van der Waals surface area contributed by atoms with Crippen LogP contribution in [-0.4, -0.2) is 19.0 Å². The molecule has 1 aliphatic heterocycles. The molecule has 1 aromatic carbocycles. The fraction of sp³-hybridized carbons (Fsp3) is 0.300. The van der Waals surface area contributed by atoms with E-state index in [1.165, 1.54) is 0 Å². The van der Waals surface area contributed by atoms with Crippen LogP contribution < -0.4 is 16.4 Å². The highest BCUT2D eigenvalue weighted by Crippen LogP contribution is 2.32. The van der Waals surface area contributed by atoms with Gasteiger partial charge >= 0.3 is 0 Å². The molecule has 0 bridgehead atoms. The molecule has 1 aliphatic rings. The summed E-state index contributed by atoms with van der Waals surface area (Å²) in [6.45, 7) is 3.70. The highest BCUT2D eigenvalue weighted by Gasteiger charge is 2.09. The number of hydrogen-bond donors (Lipinski definition) is 3. The molecule has 0 amide bonds. The summed E-state index contributed by atoms with van der Waals surface area (Å²) in [5.41, 5.74) is 8.11. The zero-order valence-electron chi connectivity index (χ0n) is 8.47. The summed E-state index contributed by atoms with van der Waals surface area (Å²) in [5.74, 6) is 0.729. The number of anilines is 1. The second-order valence-corrected chi connectivity index (χ2v) is 3.91. The second-order valence-electron chi connectivity index (χ2n) is 3.50. The van der Waals surface area contributed by atoms with E-state index >= 15 is 0 Å². The molecular formula is C10H13ClN4. The van der Waals surface area contributed by atoms with Crippen LogP contribution in [0.25, 0.3) is 0 Å². The fourth-order valence-electron chi connectivity index (χ4n) is 1.49. The Kier molecular flexibility index (Phi) is 2.68. The number of halogens is 1. The summed E-state index contributed by atoms with van der Waals surface area (Å²) < 4.78 is 0. The Balaban J connectivity index is 2.39. The lowest BCUT2D eigenvalue weighted by Gasteiger charge is -2.06. The van der Waals surface area contributed by atoms with Gasteiger partial charge in [-0.05, 0) is 24.6 Å². The highest BCUT2D eigenvalue weighted by molar-refractivity contribution is 6.33. The molecule has 5 heteroatoms. The van der Waals surface area contributed by atoms with E-state index in [-0.39, 0.29) is 0 Å². The fourth-order valence-corrected chi connectivity index (χ4v) is 1.82. The van der Waals surface area contributed by atoms with Crippen LogP contribution in [-0.2, 0) is 0 Å². The average molecular weight is 225 g/mol. The summed E-state index contributed by atoms with van der Waals surface area (Å²) >= 11 is 6.07. The first kappa shape index (κ1) is 10.1. The van der Waals surface area contributed by atoms with Gasteiger partial charge in [0.15, 0.2) is 5.96 Å². The van der Waals surface area contributed by atoms with Crippen LogP contribution in [0.15, 0.2) is 17.1 Å². The van der Waals surface area contributed by atoms with Gasteiger partial charge in [-0.1, -0.05) is 11.6 Å². The van der Waals surface area contributed by atoms with E-state index in [2.05, 4.69) is 15.6 Å². The average Bonchev–Trinajstić information content (AvgIpc) is 2.63. The van der Waals surface area contributed by atoms with Gasteiger partial charge in [-0.2, -0.15) is 0 Å². The molecule has 4 nitrogen and oxygen atoms in total. The second kappa shape index (κ2) is 3.98. The molecule has 2 rings (SSSR count). The molecule has 1 heterocycles. The van der Waals surface area contributed by atoms with Crippen LogP contribution in [0.2, 0.25) is 5.02 Å². The summed E-state index contributed by atoms with van der Waals surface area (Å²) in [4.78, 5) is 4.34.